The molecule has 0 amide bonds. The van der Waals surface area contributed by atoms with Crippen molar-refractivity contribution in [1.82, 2.24) is 14.9 Å². The summed E-state index contributed by atoms with van der Waals surface area (Å²) in [7, 11) is 0. The SMILES string of the molecule is C=C(Nc1ccc(Cl)cn1)c1cc(-c2cccnc2)ccc1NC(=C)C1CCN(C(C)C)CC1. The summed E-state index contributed by atoms with van der Waals surface area (Å²) in [5, 5.41) is 7.52. The zero-order chi connectivity index (χ0) is 24.1. The number of halogens is 1. The monoisotopic (exact) mass is 473 g/mol. The minimum absolute atomic E-state index is 0.444. The average molecular weight is 474 g/mol. The topological polar surface area (TPSA) is 53.1 Å². The van der Waals surface area contributed by atoms with Gasteiger partial charge in [-0.1, -0.05) is 36.9 Å². The van der Waals surface area contributed by atoms with Gasteiger partial charge in [-0.2, -0.15) is 0 Å². The van der Waals surface area contributed by atoms with Gasteiger partial charge in [-0.3, -0.25) is 4.98 Å². The second-order valence-corrected chi connectivity index (χ2v) is 9.46. The van der Waals surface area contributed by atoms with E-state index >= 15 is 0 Å². The minimum Gasteiger partial charge on any atom is -0.359 e. The summed E-state index contributed by atoms with van der Waals surface area (Å²) in [6, 6.07) is 14.5. The van der Waals surface area contributed by atoms with E-state index in [9.17, 15) is 0 Å². The largest absolute Gasteiger partial charge is 0.359 e. The van der Waals surface area contributed by atoms with Gasteiger partial charge in [0.15, 0.2) is 0 Å². The molecule has 3 aromatic rings. The molecule has 1 saturated heterocycles. The number of benzene rings is 1. The Hall–Kier alpha value is -3.15. The summed E-state index contributed by atoms with van der Waals surface area (Å²) >= 11 is 6.00. The summed E-state index contributed by atoms with van der Waals surface area (Å²) in [4.78, 5) is 11.2. The predicted molar refractivity (Wildman–Crippen MR) is 144 cm³/mol. The van der Waals surface area contributed by atoms with Gasteiger partial charge in [-0.05, 0) is 75.7 Å². The first kappa shape index (κ1) is 24.0. The minimum atomic E-state index is 0.444. The molecule has 6 heteroatoms. The van der Waals surface area contributed by atoms with E-state index in [0.717, 1.165) is 59.7 Å². The van der Waals surface area contributed by atoms with Crippen LogP contribution in [0.1, 0.15) is 32.3 Å². The number of allylic oxidation sites excluding steroid dienone is 1. The molecule has 0 aliphatic carbocycles. The fourth-order valence-corrected chi connectivity index (χ4v) is 4.44. The molecule has 1 fully saturated rings. The molecule has 3 heterocycles. The highest BCUT2D eigenvalue weighted by Gasteiger charge is 2.23. The number of pyridine rings is 2. The maximum Gasteiger partial charge on any atom is 0.130 e. The molecule has 34 heavy (non-hydrogen) atoms. The number of nitrogens with one attached hydrogen (secondary N) is 2. The highest BCUT2D eigenvalue weighted by Crippen LogP contribution is 2.33. The molecular weight excluding hydrogens is 442 g/mol. The molecule has 0 spiro atoms. The van der Waals surface area contributed by atoms with E-state index in [1.165, 1.54) is 0 Å². The molecule has 0 saturated carbocycles. The van der Waals surface area contributed by atoms with Crippen LogP contribution in [0.25, 0.3) is 16.8 Å². The van der Waals surface area contributed by atoms with Gasteiger partial charge >= 0.3 is 0 Å². The molecule has 1 aliphatic heterocycles. The van der Waals surface area contributed by atoms with Crippen molar-refractivity contribution in [3.8, 4) is 11.1 Å². The third-order valence-electron chi connectivity index (χ3n) is 6.39. The Balaban J connectivity index is 1.57. The van der Waals surface area contributed by atoms with Crippen LogP contribution in [0.4, 0.5) is 11.5 Å². The van der Waals surface area contributed by atoms with Crippen LogP contribution in [0.5, 0.6) is 0 Å². The number of likely N-dealkylation sites (tertiary alicyclic amines) is 1. The first-order chi connectivity index (χ1) is 16.4. The van der Waals surface area contributed by atoms with Crippen LogP contribution in [0, 0.1) is 5.92 Å². The van der Waals surface area contributed by atoms with Gasteiger partial charge in [0, 0.05) is 58.8 Å². The van der Waals surface area contributed by atoms with E-state index in [1.807, 2.05) is 18.3 Å². The van der Waals surface area contributed by atoms with Crippen LogP contribution in [0.15, 0.2) is 79.9 Å². The summed E-state index contributed by atoms with van der Waals surface area (Å²) in [6.07, 6.45) is 7.49. The van der Waals surface area contributed by atoms with Crippen molar-refractivity contribution in [2.24, 2.45) is 5.92 Å². The molecule has 2 N–H and O–H groups in total. The summed E-state index contributed by atoms with van der Waals surface area (Å²) < 4.78 is 0. The van der Waals surface area contributed by atoms with Gasteiger partial charge < -0.3 is 15.5 Å². The van der Waals surface area contributed by atoms with E-state index in [2.05, 4.69) is 76.8 Å². The fraction of sp³-hybridized carbons (Fsp3) is 0.286. The van der Waals surface area contributed by atoms with Gasteiger partial charge in [-0.25, -0.2) is 4.98 Å². The second kappa shape index (κ2) is 10.9. The summed E-state index contributed by atoms with van der Waals surface area (Å²) in [6.45, 7) is 15.4. The van der Waals surface area contributed by atoms with Crippen LogP contribution in [-0.4, -0.2) is 34.0 Å². The lowest BCUT2D eigenvalue weighted by atomic mass is 9.92. The Kier molecular flexibility index (Phi) is 7.66. The number of piperidine rings is 1. The first-order valence-corrected chi connectivity index (χ1v) is 12.1. The smallest absolute Gasteiger partial charge is 0.130 e. The normalized spacial score (nSPS) is 14.7. The molecule has 0 atom stereocenters. The van der Waals surface area contributed by atoms with Crippen molar-refractivity contribution in [2.75, 3.05) is 23.7 Å². The Morgan fingerprint density at radius 1 is 1.03 bits per heavy atom. The molecule has 176 valence electrons. The zero-order valence-electron chi connectivity index (χ0n) is 19.9. The van der Waals surface area contributed by atoms with E-state index in [1.54, 1.807) is 18.5 Å². The Labute approximate surface area is 207 Å². The third kappa shape index (κ3) is 5.85. The van der Waals surface area contributed by atoms with Gasteiger partial charge in [-0.15, -0.1) is 0 Å². The molecule has 1 aromatic carbocycles. The Bertz CT molecular complexity index is 1130. The number of aromatic nitrogens is 2. The highest BCUT2D eigenvalue weighted by atomic mass is 35.5. The van der Waals surface area contributed by atoms with Gasteiger partial charge in [0.05, 0.1) is 5.02 Å². The van der Waals surface area contributed by atoms with Crippen molar-refractivity contribution >= 4 is 28.8 Å². The molecule has 2 aromatic heterocycles. The average Bonchev–Trinajstić information content (AvgIpc) is 2.86. The van der Waals surface area contributed by atoms with E-state index in [0.29, 0.717) is 22.8 Å². The van der Waals surface area contributed by atoms with Gasteiger partial charge in [0.25, 0.3) is 0 Å². The maximum atomic E-state index is 6.00. The van der Waals surface area contributed by atoms with Crippen LogP contribution in [0.2, 0.25) is 5.02 Å². The molecular formula is C28H32ClN5. The lowest BCUT2D eigenvalue weighted by molar-refractivity contribution is 0.161. The molecule has 4 rings (SSSR count). The van der Waals surface area contributed by atoms with Crippen LogP contribution < -0.4 is 10.6 Å². The highest BCUT2D eigenvalue weighted by molar-refractivity contribution is 6.30. The predicted octanol–water partition coefficient (Wildman–Crippen LogP) is 6.93. The summed E-state index contributed by atoms with van der Waals surface area (Å²) in [5.41, 5.74) is 5.83. The first-order valence-electron chi connectivity index (χ1n) is 11.7. The van der Waals surface area contributed by atoms with E-state index in [-0.39, 0.29) is 0 Å². The van der Waals surface area contributed by atoms with Crippen molar-refractivity contribution in [3.05, 3.63) is 90.5 Å². The number of hydrogen-bond donors (Lipinski definition) is 2. The molecule has 0 radical (unpaired) electrons. The number of hydrogen-bond acceptors (Lipinski definition) is 5. The number of nitrogens with zero attached hydrogens (tertiary/aromatic N) is 3. The lowest BCUT2D eigenvalue weighted by Crippen LogP contribution is -2.39. The van der Waals surface area contributed by atoms with Gasteiger partial charge in [0.2, 0.25) is 0 Å². The fourth-order valence-electron chi connectivity index (χ4n) is 4.33. The molecule has 1 aliphatic rings. The van der Waals surface area contributed by atoms with Crippen LogP contribution in [-0.2, 0) is 0 Å². The number of anilines is 2. The van der Waals surface area contributed by atoms with E-state index in [4.69, 9.17) is 11.6 Å². The lowest BCUT2D eigenvalue weighted by Gasteiger charge is -2.35. The molecule has 0 bridgehead atoms. The molecule has 0 unspecified atom stereocenters. The van der Waals surface area contributed by atoms with Crippen LogP contribution in [0.3, 0.4) is 0 Å². The second-order valence-electron chi connectivity index (χ2n) is 9.02. The Morgan fingerprint density at radius 2 is 1.82 bits per heavy atom. The third-order valence-corrected chi connectivity index (χ3v) is 6.62. The van der Waals surface area contributed by atoms with Crippen molar-refractivity contribution in [2.45, 2.75) is 32.7 Å². The van der Waals surface area contributed by atoms with Crippen molar-refractivity contribution < 1.29 is 0 Å². The van der Waals surface area contributed by atoms with Gasteiger partial charge in [0.1, 0.15) is 5.82 Å². The zero-order valence-corrected chi connectivity index (χ0v) is 20.6. The molecule has 5 nitrogen and oxygen atoms in total. The van der Waals surface area contributed by atoms with Crippen molar-refractivity contribution in [3.63, 3.8) is 0 Å². The standard InChI is InChI=1S/C28H32ClN5/c1-19(2)34-14-11-22(12-15-34)20(3)32-27-9-7-23(24-6-5-13-30-17-24)16-26(27)21(4)33-28-10-8-25(29)18-31-28/h5-10,13,16-19,22,32H,3-4,11-12,14-15H2,1-2H3,(H,31,33). The maximum absolute atomic E-state index is 6.00. The quantitative estimate of drug-likeness (QED) is 0.371. The number of rotatable bonds is 8. The van der Waals surface area contributed by atoms with Crippen LogP contribution >= 0.6 is 11.6 Å². The van der Waals surface area contributed by atoms with Crippen molar-refractivity contribution in [1.29, 1.82) is 0 Å². The van der Waals surface area contributed by atoms with E-state index < -0.39 is 0 Å². The summed E-state index contributed by atoms with van der Waals surface area (Å²) in [5.74, 6) is 1.13. The Morgan fingerprint density at radius 3 is 2.47 bits per heavy atom.